The van der Waals surface area contributed by atoms with Gasteiger partial charge < -0.3 is 16.4 Å². The Kier molecular flexibility index (Phi) is 5.41. The molecule has 0 saturated heterocycles. The van der Waals surface area contributed by atoms with Gasteiger partial charge in [0.15, 0.2) is 0 Å². The van der Waals surface area contributed by atoms with Crippen molar-refractivity contribution >= 4 is 11.8 Å². The van der Waals surface area contributed by atoms with Crippen LogP contribution in [-0.4, -0.2) is 30.4 Å². The summed E-state index contributed by atoms with van der Waals surface area (Å²) in [5, 5.41) is 5.33. The van der Waals surface area contributed by atoms with Crippen LogP contribution in [0, 0.1) is 0 Å². The van der Waals surface area contributed by atoms with Crippen LogP contribution in [0.15, 0.2) is 0 Å². The van der Waals surface area contributed by atoms with Crippen LogP contribution in [0.2, 0.25) is 0 Å². The van der Waals surface area contributed by atoms with Crippen LogP contribution in [0.5, 0.6) is 0 Å². The molecule has 1 rings (SSSR count). The highest BCUT2D eigenvalue weighted by molar-refractivity contribution is 5.90. The summed E-state index contributed by atoms with van der Waals surface area (Å²) in [6, 6.07) is 0. The van der Waals surface area contributed by atoms with Crippen LogP contribution in [0.4, 0.5) is 0 Å². The molecule has 5 heteroatoms. The second-order valence-electron chi connectivity index (χ2n) is 4.75. The lowest BCUT2D eigenvalue weighted by atomic mass is 9.82. The van der Waals surface area contributed by atoms with Gasteiger partial charge in [0.1, 0.15) is 0 Å². The maximum atomic E-state index is 11.9. The van der Waals surface area contributed by atoms with Crippen molar-refractivity contribution in [1.82, 2.24) is 10.6 Å². The summed E-state index contributed by atoms with van der Waals surface area (Å²) < 4.78 is 0. The van der Waals surface area contributed by atoms with Crippen molar-refractivity contribution in [3.05, 3.63) is 0 Å². The first kappa shape index (κ1) is 14.0. The number of carbonyl (C=O) groups is 2. The molecule has 1 saturated carbocycles. The van der Waals surface area contributed by atoms with E-state index in [0.717, 1.165) is 38.5 Å². The lowest BCUT2D eigenvalue weighted by Crippen LogP contribution is -2.56. The van der Waals surface area contributed by atoms with Gasteiger partial charge in [0, 0.05) is 6.54 Å². The minimum atomic E-state index is -0.761. The molecular formula is C12H23N3O2. The van der Waals surface area contributed by atoms with Gasteiger partial charge in [0.05, 0.1) is 12.1 Å². The van der Waals surface area contributed by atoms with Gasteiger partial charge in [-0.1, -0.05) is 26.2 Å². The van der Waals surface area contributed by atoms with Crippen LogP contribution in [0.1, 0.15) is 45.4 Å². The normalized spacial score (nSPS) is 18.5. The summed E-state index contributed by atoms with van der Waals surface area (Å²) in [5.41, 5.74) is 5.28. The van der Waals surface area contributed by atoms with Gasteiger partial charge in [-0.25, -0.2) is 0 Å². The SMILES string of the molecule is CCCNC(=O)CNC(=O)C1(N)CCCCC1. The molecule has 0 aliphatic heterocycles. The van der Waals surface area contributed by atoms with E-state index in [-0.39, 0.29) is 18.4 Å². The van der Waals surface area contributed by atoms with Crippen molar-refractivity contribution in [2.45, 2.75) is 51.0 Å². The van der Waals surface area contributed by atoms with Crippen molar-refractivity contribution in [3.8, 4) is 0 Å². The Labute approximate surface area is 103 Å². The predicted octanol–water partition coefficient (Wildman–Crippen LogP) is 0.290. The first-order valence-electron chi connectivity index (χ1n) is 6.42. The van der Waals surface area contributed by atoms with Crippen LogP contribution >= 0.6 is 0 Å². The van der Waals surface area contributed by atoms with E-state index < -0.39 is 5.54 Å². The van der Waals surface area contributed by atoms with Crippen LogP contribution < -0.4 is 16.4 Å². The first-order valence-corrected chi connectivity index (χ1v) is 6.42. The van der Waals surface area contributed by atoms with Crippen molar-refractivity contribution in [1.29, 1.82) is 0 Å². The quantitative estimate of drug-likeness (QED) is 0.647. The Hall–Kier alpha value is -1.10. The molecule has 0 aromatic carbocycles. The number of hydrogen-bond acceptors (Lipinski definition) is 3. The molecule has 0 unspecified atom stereocenters. The van der Waals surface area contributed by atoms with E-state index >= 15 is 0 Å². The molecule has 17 heavy (non-hydrogen) atoms. The van der Waals surface area contributed by atoms with Crippen molar-refractivity contribution in [2.75, 3.05) is 13.1 Å². The van der Waals surface area contributed by atoms with Gasteiger partial charge in [-0.2, -0.15) is 0 Å². The fraction of sp³-hybridized carbons (Fsp3) is 0.833. The number of carbonyl (C=O) groups excluding carboxylic acids is 2. The highest BCUT2D eigenvalue weighted by Gasteiger charge is 2.35. The molecule has 0 aromatic rings. The fourth-order valence-electron chi connectivity index (χ4n) is 2.07. The van der Waals surface area contributed by atoms with Crippen molar-refractivity contribution in [2.24, 2.45) is 5.73 Å². The molecular weight excluding hydrogens is 218 g/mol. The van der Waals surface area contributed by atoms with Gasteiger partial charge in [0.2, 0.25) is 11.8 Å². The molecule has 0 spiro atoms. The topological polar surface area (TPSA) is 84.2 Å². The monoisotopic (exact) mass is 241 g/mol. The second kappa shape index (κ2) is 6.59. The van der Waals surface area contributed by atoms with E-state index in [1.54, 1.807) is 0 Å². The van der Waals surface area contributed by atoms with E-state index in [9.17, 15) is 9.59 Å². The highest BCUT2D eigenvalue weighted by atomic mass is 16.2. The number of nitrogens with two attached hydrogens (primary N) is 1. The zero-order chi connectivity index (χ0) is 12.7. The summed E-state index contributed by atoms with van der Waals surface area (Å²) >= 11 is 0. The predicted molar refractivity (Wildman–Crippen MR) is 66.3 cm³/mol. The molecule has 1 fully saturated rings. The zero-order valence-corrected chi connectivity index (χ0v) is 10.6. The Morgan fingerprint density at radius 2 is 1.82 bits per heavy atom. The lowest BCUT2D eigenvalue weighted by molar-refractivity contribution is -0.130. The number of amides is 2. The number of rotatable bonds is 5. The van der Waals surface area contributed by atoms with Gasteiger partial charge >= 0.3 is 0 Å². The summed E-state index contributed by atoms with van der Waals surface area (Å²) in [6.07, 6.45) is 5.45. The third-order valence-corrected chi connectivity index (χ3v) is 3.18. The summed E-state index contributed by atoms with van der Waals surface area (Å²) in [5.74, 6) is -0.344. The van der Waals surface area contributed by atoms with Gasteiger partial charge in [0.25, 0.3) is 0 Å². The third kappa shape index (κ3) is 4.34. The van der Waals surface area contributed by atoms with E-state index in [1.165, 1.54) is 0 Å². The van der Waals surface area contributed by atoms with E-state index in [1.807, 2.05) is 6.92 Å². The molecule has 0 bridgehead atoms. The van der Waals surface area contributed by atoms with E-state index in [2.05, 4.69) is 10.6 Å². The molecule has 1 aliphatic carbocycles. The summed E-state index contributed by atoms with van der Waals surface area (Å²) in [4.78, 5) is 23.2. The second-order valence-corrected chi connectivity index (χ2v) is 4.75. The molecule has 5 nitrogen and oxygen atoms in total. The number of hydrogen-bond donors (Lipinski definition) is 3. The minimum absolute atomic E-state index is 0.0256. The lowest BCUT2D eigenvalue weighted by Gasteiger charge is -2.31. The highest BCUT2D eigenvalue weighted by Crippen LogP contribution is 2.25. The van der Waals surface area contributed by atoms with Gasteiger partial charge in [-0.3, -0.25) is 9.59 Å². The molecule has 0 heterocycles. The molecule has 0 radical (unpaired) electrons. The average Bonchev–Trinajstić information content (AvgIpc) is 2.34. The average molecular weight is 241 g/mol. The number of nitrogens with one attached hydrogen (secondary N) is 2. The molecule has 1 aliphatic rings. The largest absolute Gasteiger partial charge is 0.355 e. The molecule has 0 atom stereocenters. The van der Waals surface area contributed by atoms with Gasteiger partial charge in [-0.05, 0) is 19.3 Å². The van der Waals surface area contributed by atoms with Crippen molar-refractivity contribution in [3.63, 3.8) is 0 Å². The Morgan fingerprint density at radius 1 is 1.18 bits per heavy atom. The Balaban J connectivity index is 2.30. The Morgan fingerprint density at radius 3 is 2.41 bits per heavy atom. The zero-order valence-electron chi connectivity index (χ0n) is 10.6. The standard InChI is InChI=1S/C12H23N3O2/c1-2-8-14-10(16)9-15-11(17)12(13)6-4-3-5-7-12/h2-9,13H2,1H3,(H,14,16)(H,15,17). The maximum Gasteiger partial charge on any atom is 0.240 e. The van der Waals surface area contributed by atoms with Crippen molar-refractivity contribution < 1.29 is 9.59 Å². The molecule has 0 aromatic heterocycles. The summed E-state index contributed by atoms with van der Waals surface area (Å²) in [7, 11) is 0. The van der Waals surface area contributed by atoms with E-state index in [0.29, 0.717) is 6.54 Å². The minimum Gasteiger partial charge on any atom is -0.355 e. The van der Waals surface area contributed by atoms with Gasteiger partial charge in [-0.15, -0.1) is 0 Å². The van der Waals surface area contributed by atoms with Crippen LogP contribution in [0.3, 0.4) is 0 Å². The first-order chi connectivity index (χ1) is 8.08. The summed E-state index contributed by atoms with van der Waals surface area (Å²) in [6.45, 7) is 2.65. The van der Waals surface area contributed by atoms with Crippen LogP contribution in [0.25, 0.3) is 0 Å². The third-order valence-electron chi connectivity index (χ3n) is 3.18. The van der Waals surface area contributed by atoms with Crippen LogP contribution in [-0.2, 0) is 9.59 Å². The maximum absolute atomic E-state index is 11.9. The molecule has 2 amide bonds. The smallest absolute Gasteiger partial charge is 0.240 e. The fourth-order valence-corrected chi connectivity index (χ4v) is 2.07. The molecule has 4 N–H and O–H groups in total. The molecule has 98 valence electrons. The Bertz CT molecular complexity index is 273. The van der Waals surface area contributed by atoms with E-state index in [4.69, 9.17) is 5.73 Å².